The molecule has 7 nitrogen and oxygen atoms in total. The predicted molar refractivity (Wildman–Crippen MR) is 131 cm³/mol. The number of esters is 1. The zero-order valence-corrected chi connectivity index (χ0v) is 20.7. The second kappa shape index (κ2) is 9.87. The number of rotatable bonds is 6. The quantitative estimate of drug-likeness (QED) is 0.486. The van der Waals surface area contributed by atoms with Gasteiger partial charge < -0.3 is 14.2 Å². The molecule has 1 aliphatic rings. The lowest BCUT2D eigenvalue weighted by atomic mass is 9.96. The van der Waals surface area contributed by atoms with Gasteiger partial charge in [0, 0.05) is 10.6 Å². The Morgan fingerprint density at radius 3 is 2.62 bits per heavy atom. The van der Waals surface area contributed by atoms with Crippen molar-refractivity contribution in [2.24, 2.45) is 4.99 Å². The summed E-state index contributed by atoms with van der Waals surface area (Å²) < 4.78 is 18.1. The van der Waals surface area contributed by atoms with E-state index in [1.165, 1.54) is 15.9 Å². The van der Waals surface area contributed by atoms with Crippen LogP contribution in [0.15, 0.2) is 63.5 Å². The minimum atomic E-state index is -0.765. The Morgan fingerprint density at radius 1 is 1.18 bits per heavy atom. The van der Waals surface area contributed by atoms with E-state index in [4.69, 9.17) is 25.8 Å². The number of carbonyl (C=O) groups is 1. The molecule has 0 saturated heterocycles. The minimum Gasteiger partial charge on any atom is -0.493 e. The van der Waals surface area contributed by atoms with Crippen LogP contribution in [0.3, 0.4) is 0 Å². The van der Waals surface area contributed by atoms with E-state index in [0.29, 0.717) is 42.7 Å². The Kier molecular flexibility index (Phi) is 6.90. The summed E-state index contributed by atoms with van der Waals surface area (Å²) in [5.74, 6) is 0.540. The summed E-state index contributed by atoms with van der Waals surface area (Å²) in [6.07, 6.45) is 1.73. The molecule has 0 unspecified atom stereocenters. The predicted octanol–water partition coefficient (Wildman–Crippen LogP) is 3.47. The third-order valence-corrected chi connectivity index (χ3v) is 6.76. The van der Waals surface area contributed by atoms with E-state index in [-0.39, 0.29) is 17.7 Å². The largest absolute Gasteiger partial charge is 0.493 e. The van der Waals surface area contributed by atoms with Crippen LogP contribution in [-0.2, 0) is 9.53 Å². The third kappa shape index (κ3) is 4.15. The van der Waals surface area contributed by atoms with Gasteiger partial charge in [-0.25, -0.2) is 9.79 Å². The molecule has 3 aromatic rings. The van der Waals surface area contributed by atoms with Crippen LogP contribution in [0.5, 0.6) is 11.5 Å². The number of thiazole rings is 1. The Labute approximate surface area is 205 Å². The number of hydrogen-bond acceptors (Lipinski definition) is 7. The van der Waals surface area contributed by atoms with Gasteiger partial charge in [-0.05, 0) is 37.6 Å². The number of benzene rings is 2. The second-order valence-electron chi connectivity index (χ2n) is 7.41. The van der Waals surface area contributed by atoms with Gasteiger partial charge >= 0.3 is 5.97 Å². The molecule has 0 saturated carbocycles. The third-order valence-electron chi connectivity index (χ3n) is 5.44. The zero-order chi connectivity index (χ0) is 24.4. The molecule has 0 bridgehead atoms. The molecule has 176 valence electrons. The van der Waals surface area contributed by atoms with Crippen molar-refractivity contribution < 1.29 is 19.0 Å². The summed E-state index contributed by atoms with van der Waals surface area (Å²) in [4.78, 5) is 31.7. The summed E-state index contributed by atoms with van der Waals surface area (Å²) in [6, 6.07) is 11.8. The highest BCUT2D eigenvalue weighted by atomic mass is 35.5. The van der Waals surface area contributed by atoms with Crippen molar-refractivity contribution in [1.82, 2.24) is 4.57 Å². The van der Waals surface area contributed by atoms with Gasteiger partial charge in [-0.2, -0.15) is 0 Å². The van der Waals surface area contributed by atoms with E-state index in [9.17, 15) is 9.59 Å². The van der Waals surface area contributed by atoms with Crippen LogP contribution in [0.2, 0.25) is 5.02 Å². The second-order valence-corrected chi connectivity index (χ2v) is 8.82. The number of carbonyl (C=O) groups excluding carboxylic acids is 1. The van der Waals surface area contributed by atoms with Crippen molar-refractivity contribution in [3.05, 3.63) is 89.6 Å². The molecule has 2 aromatic carbocycles. The van der Waals surface area contributed by atoms with Crippen molar-refractivity contribution in [2.75, 3.05) is 20.8 Å². The summed E-state index contributed by atoms with van der Waals surface area (Å²) in [6.45, 7) is 3.66. The molecule has 0 amide bonds. The number of allylic oxidation sites excluding steroid dienone is 1. The average molecular weight is 499 g/mol. The fourth-order valence-electron chi connectivity index (χ4n) is 3.95. The summed E-state index contributed by atoms with van der Waals surface area (Å²) in [5, 5.41) is 0.438. The van der Waals surface area contributed by atoms with E-state index in [1.807, 2.05) is 18.2 Å². The van der Waals surface area contributed by atoms with E-state index >= 15 is 0 Å². The van der Waals surface area contributed by atoms with Gasteiger partial charge in [-0.15, -0.1) is 0 Å². The number of methoxy groups -OCH3 is 2. The number of hydrogen-bond donors (Lipinski definition) is 0. The van der Waals surface area contributed by atoms with E-state index in [2.05, 4.69) is 4.99 Å². The van der Waals surface area contributed by atoms with E-state index in [0.717, 1.165) is 0 Å². The first kappa shape index (κ1) is 23.8. The molecule has 0 spiro atoms. The Morgan fingerprint density at radius 2 is 1.94 bits per heavy atom. The number of aromatic nitrogens is 1. The van der Waals surface area contributed by atoms with Gasteiger partial charge in [-0.1, -0.05) is 53.3 Å². The molecular weight excluding hydrogens is 476 g/mol. The molecule has 0 aliphatic carbocycles. The van der Waals surface area contributed by atoms with Gasteiger partial charge in [0.25, 0.3) is 5.56 Å². The molecule has 0 fully saturated rings. The topological polar surface area (TPSA) is 79.1 Å². The maximum Gasteiger partial charge on any atom is 0.338 e. The van der Waals surface area contributed by atoms with Crippen molar-refractivity contribution in [2.45, 2.75) is 19.9 Å². The summed E-state index contributed by atoms with van der Waals surface area (Å²) >= 11 is 7.75. The van der Waals surface area contributed by atoms with Gasteiger partial charge in [0.1, 0.15) is 6.04 Å². The van der Waals surface area contributed by atoms with Crippen LogP contribution in [0.1, 0.15) is 31.0 Å². The number of halogens is 1. The molecule has 1 aliphatic heterocycles. The van der Waals surface area contributed by atoms with Gasteiger partial charge in [-0.3, -0.25) is 9.36 Å². The number of ether oxygens (including phenoxy) is 3. The lowest BCUT2D eigenvalue weighted by molar-refractivity contribution is -0.139. The molecule has 9 heteroatoms. The molecule has 1 atom stereocenters. The minimum absolute atomic E-state index is 0.199. The molecule has 4 rings (SSSR count). The molecule has 34 heavy (non-hydrogen) atoms. The first-order valence-electron chi connectivity index (χ1n) is 10.6. The van der Waals surface area contributed by atoms with Crippen LogP contribution in [0.25, 0.3) is 6.08 Å². The maximum absolute atomic E-state index is 13.7. The van der Waals surface area contributed by atoms with Crippen LogP contribution in [0.4, 0.5) is 0 Å². The average Bonchev–Trinajstić information content (AvgIpc) is 3.12. The smallest absolute Gasteiger partial charge is 0.338 e. The lowest BCUT2D eigenvalue weighted by Gasteiger charge is -2.25. The highest BCUT2D eigenvalue weighted by molar-refractivity contribution is 7.07. The van der Waals surface area contributed by atoms with Crippen LogP contribution in [0, 0.1) is 0 Å². The number of fused-ring (bicyclic) bond motifs is 1. The Bertz CT molecular complexity index is 1470. The summed E-state index contributed by atoms with van der Waals surface area (Å²) in [7, 11) is 3.10. The normalized spacial score (nSPS) is 15.6. The first-order chi connectivity index (χ1) is 16.4. The van der Waals surface area contributed by atoms with Gasteiger partial charge in [0.15, 0.2) is 16.3 Å². The maximum atomic E-state index is 13.7. The lowest BCUT2D eigenvalue weighted by Crippen LogP contribution is -2.40. The van der Waals surface area contributed by atoms with Crippen LogP contribution >= 0.6 is 22.9 Å². The molecule has 1 aromatic heterocycles. The van der Waals surface area contributed by atoms with Gasteiger partial charge in [0.2, 0.25) is 0 Å². The molecule has 2 heterocycles. The Balaban J connectivity index is 1.99. The number of para-hydroxylation sites is 1. The first-order valence-corrected chi connectivity index (χ1v) is 11.8. The zero-order valence-electron chi connectivity index (χ0n) is 19.1. The van der Waals surface area contributed by atoms with Crippen molar-refractivity contribution >= 4 is 35.0 Å². The van der Waals surface area contributed by atoms with E-state index in [1.54, 1.807) is 58.4 Å². The van der Waals surface area contributed by atoms with E-state index < -0.39 is 12.0 Å². The molecular formula is C25H23ClN2O5S. The SMILES string of the molecule is CCOC(=O)C1=C(C)N=c2s/c(=C\c3cccc(OC)c3OC)c(=O)n2[C@H]1c1ccccc1Cl. The fourth-order valence-corrected chi connectivity index (χ4v) is 5.23. The fraction of sp³-hybridized carbons (Fsp3) is 0.240. The highest BCUT2D eigenvalue weighted by Gasteiger charge is 2.34. The Hall–Kier alpha value is -3.36. The molecule has 0 radical (unpaired) electrons. The number of nitrogens with zero attached hydrogens (tertiary/aromatic N) is 2. The standard InChI is InChI=1S/C25H23ClN2O5S/c1-5-33-24(30)20-14(2)27-25-28(21(20)16-10-6-7-11-17(16)26)23(29)19(34-25)13-15-9-8-12-18(31-3)22(15)32-4/h6-13,21H,5H2,1-4H3/b19-13-/t21-/m0/s1. The molecule has 0 N–H and O–H groups in total. The van der Waals surface area contributed by atoms with Crippen molar-refractivity contribution in [3.8, 4) is 11.5 Å². The van der Waals surface area contributed by atoms with Gasteiger partial charge in [0.05, 0.1) is 36.6 Å². The van der Waals surface area contributed by atoms with Crippen LogP contribution in [-0.4, -0.2) is 31.4 Å². The summed E-state index contributed by atoms with van der Waals surface area (Å²) in [5.41, 5.74) is 1.77. The van der Waals surface area contributed by atoms with Crippen molar-refractivity contribution in [3.63, 3.8) is 0 Å². The monoisotopic (exact) mass is 498 g/mol. The highest BCUT2D eigenvalue weighted by Crippen LogP contribution is 2.35. The van der Waals surface area contributed by atoms with Crippen LogP contribution < -0.4 is 24.4 Å². The van der Waals surface area contributed by atoms with Crippen molar-refractivity contribution in [1.29, 1.82) is 0 Å².